The summed E-state index contributed by atoms with van der Waals surface area (Å²) < 4.78 is 5.07. The van der Waals surface area contributed by atoms with Gasteiger partial charge in [0.25, 0.3) is 0 Å². The molecule has 0 aliphatic heterocycles. The Morgan fingerprint density at radius 1 is 1.24 bits per heavy atom. The van der Waals surface area contributed by atoms with Gasteiger partial charge < -0.3 is 10.5 Å². The fourth-order valence-corrected chi connectivity index (χ4v) is 2.88. The standard InChI is InChI=1S/C16H20N4O/c1-16(2)6-12(17)11-9-19-15(20-13(11)7-16)10-4-5-14(21-3)18-8-10/h4-5,8-9,12H,6-7,17H2,1-3H3. The van der Waals surface area contributed by atoms with Gasteiger partial charge in [-0.3, -0.25) is 0 Å². The van der Waals surface area contributed by atoms with Gasteiger partial charge in [0.1, 0.15) is 0 Å². The zero-order valence-corrected chi connectivity index (χ0v) is 12.6. The summed E-state index contributed by atoms with van der Waals surface area (Å²) in [6.07, 6.45) is 5.48. The first-order valence-electron chi connectivity index (χ1n) is 7.10. The van der Waals surface area contributed by atoms with Gasteiger partial charge in [0, 0.05) is 41.3 Å². The third-order valence-electron chi connectivity index (χ3n) is 3.92. The van der Waals surface area contributed by atoms with Gasteiger partial charge >= 0.3 is 0 Å². The smallest absolute Gasteiger partial charge is 0.212 e. The van der Waals surface area contributed by atoms with Crippen molar-refractivity contribution in [2.75, 3.05) is 7.11 Å². The highest BCUT2D eigenvalue weighted by Crippen LogP contribution is 2.38. The first kappa shape index (κ1) is 13.9. The van der Waals surface area contributed by atoms with E-state index in [1.807, 2.05) is 18.3 Å². The molecule has 0 fully saturated rings. The van der Waals surface area contributed by atoms with Crippen molar-refractivity contribution in [3.05, 3.63) is 35.8 Å². The van der Waals surface area contributed by atoms with E-state index in [2.05, 4.69) is 23.8 Å². The van der Waals surface area contributed by atoms with E-state index in [0.29, 0.717) is 11.7 Å². The molecule has 0 saturated carbocycles. The minimum atomic E-state index is 0.0202. The van der Waals surface area contributed by atoms with Gasteiger partial charge in [0.05, 0.1) is 7.11 Å². The van der Waals surface area contributed by atoms with E-state index in [-0.39, 0.29) is 11.5 Å². The summed E-state index contributed by atoms with van der Waals surface area (Å²) in [5.74, 6) is 1.27. The van der Waals surface area contributed by atoms with Crippen LogP contribution in [0.25, 0.3) is 11.4 Å². The average Bonchev–Trinajstić information content (AvgIpc) is 2.45. The predicted octanol–water partition coefficient (Wildman–Crippen LogP) is 2.52. The van der Waals surface area contributed by atoms with Gasteiger partial charge in [-0.05, 0) is 24.3 Å². The Hall–Kier alpha value is -2.01. The maximum atomic E-state index is 6.24. The van der Waals surface area contributed by atoms with Gasteiger partial charge in [-0.2, -0.15) is 0 Å². The fraction of sp³-hybridized carbons (Fsp3) is 0.438. The average molecular weight is 284 g/mol. The second kappa shape index (κ2) is 5.07. The number of fused-ring (bicyclic) bond motifs is 1. The summed E-state index contributed by atoms with van der Waals surface area (Å²) in [6, 6.07) is 3.75. The predicted molar refractivity (Wildman–Crippen MR) is 80.8 cm³/mol. The Morgan fingerprint density at radius 3 is 2.71 bits per heavy atom. The molecule has 0 bridgehead atoms. The van der Waals surface area contributed by atoms with E-state index in [9.17, 15) is 0 Å². The SMILES string of the molecule is COc1ccc(-c2ncc3c(n2)CC(C)(C)CC3N)cn1. The molecule has 3 rings (SSSR count). The van der Waals surface area contributed by atoms with Crippen LogP contribution in [0.5, 0.6) is 5.88 Å². The number of nitrogens with two attached hydrogens (primary N) is 1. The molecule has 1 aliphatic rings. The number of aromatic nitrogens is 3. The highest BCUT2D eigenvalue weighted by atomic mass is 16.5. The highest BCUT2D eigenvalue weighted by molar-refractivity contribution is 5.54. The number of rotatable bonds is 2. The first-order valence-corrected chi connectivity index (χ1v) is 7.10. The minimum Gasteiger partial charge on any atom is -0.481 e. The topological polar surface area (TPSA) is 73.9 Å². The van der Waals surface area contributed by atoms with Crippen LogP contribution in [0.4, 0.5) is 0 Å². The van der Waals surface area contributed by atoms with Gasteiger partial charge in [0.2, 0.25) is 5.88 Å². The number of pyridine rings is 1. The molecule has 5 nitrogen and oxygen atoms in total. The van der Waals surface area contributed by atoms with Gasteiger partial charge in [-0.15, -0.1) is 0 Å². The maximum Gasteiger partial charge on any atom is 0.212 e. The van der Waals surface area contributed by atoms with Crippen molar-refractivity contribution < 1.29 is 4.74 Å². The lowest BCUT2D eigenvalue weighted by atomic mass is 9.74. The molecule has 110 valence electrons. The van der Waals surface area contributed by atoms with Gasteiger partial charge in [-0.1, -0.05) is 13.8 Å². The molecule has 2 N–H and O–H groups in total. The van der Waals surface area contributed by atoms with Crippen molar-refractivity contribution in [2.24, 2.45) is 11.1 Å². The number of hydrogen-bond acceptors (Lipinski definition) is 5. The third kappa shape index (κ3) is 2.74. The van der Waals surface area contributed by atoms with Crippen molar-refractivity contribution in [3.63, 3.8) is 0 Å². The number of hydrogen-bond donors (Lipinski definition) is 1. The van der Waals surface area contributed by atoms with E-state index in [1.165, 1.54) is 0 Å². The minimum absolute atomic E-state index is 0.0202. The van der Waals surface area contributed by atoms with E-state index < -0.39 is 0 Å². The zero-order chi connectivity index (χ0) is 15.0. The van der Waals surface area contributed by atoms with Crippen LogP contribution in [0.15, 0.2) is 24.5 Å². The van der Waals surface area contributed by atoms with E-state index >= 15 is 0 Å². The summed E-state index contributed by atoms with van der Waals surface area (Å²) in [4.78, 5) is 13.4. The Morgan fingerprint density at radius 2 is 2.05 bits per heavy atom. The van der Waals surface area contributed by atoms with Crippen LogP contribution in [-0.4, -0.2) is 22.1 Å². The number of nitrogens with zero attached hydrogens (tertiary/aromatic N) is 3. The quantitative estimate of drug-likeness (QED) is 0.917. The van der Waals surface area contributed by atoms with E-state index in [0.717, 1.165) is 29.7 Å². The summed E-state index contributed by atoms with van der Waals surface area (Å²) in [7, 11) is 1.60. The summed E-state index contributed by atoms with van der Waals surface area (Å²) in [5.41, 5.74) is 9.43. The molecule has 5 heteroatoms. The Kier molecular flexibility index (Phi) is 3.37. The molecule has 2 heterocycles. The molecule has 2 aromatic heterocycles. The first-order chi connectivity index (χ1) is 9.98. The normalized spacial score (nSPS) is 19.9. The van der Waals surface area contributed by atoms with Crippen molar-refractivity contribution in [1.29, 1.82) is 0 Å². The lowest BCUT2D eigenvalue weighted by molar-refractivity contribution is 0.278. The number of methoxy groups -OCH3 is 1. The Balaban J connectivity index is 1.98. The Labute approximate surface area is 124 Å². The zero-order valence-electron chi connectivity index (χ0n) is 12.6. The van der Waals surface area contributed by atoms with Crippen LogP contribution in [-0.2, 0) is 6.42 Å². The molecule has 0 aromatic carbocycles. The molecular weight excluding hydrogens is 264 g/mol. The second-order valence-corrected chi connectivity index (χ2v) is 6.34. The van der Waals surface area contributed by atoms with Crippen molar-refractivity contribution >= 4 is 0 Å². The third-order valence-corrected chi connectivity index (χ3v) is 3.92. The molecule has 0 amide bonds. The van der Waals surface area contributed by atoms with Crippen molar-refractivity contribution in [2.45, 2.75) is 32.7 Å². The monoisotopic (exact) mass is 284 g/mol. The van der Waals surface area contributed by atoms with E-state index in [4.69, 9.17) is 15.5 Å². The van der Waals surface area contributed by atoms with Gasteiger partial charge in [-0.25, -0.2) is 15.0 Å². The van der Waals surface area contributed by atoms with Crippen LogP contribution in [0.3, 0.4) is 0 Å². The van der Waals surface area contributed by atoms with Crippen molar-refractivity contribution in [3.8, 4) is 17.3 Å². The maximum absolute atomic E-state index is 6.24. The molecule has 2 aromatic rings. The summed E-state index contributed by atoms with van der Waals surface area (Å²) in [6.45, 7) is 4.46. The van der Waals surface area contributed by atoms with Crippen LogP contribution < -0.4 is 10.5 Å². The summed E-state index contributed by atoms with van der Waals surface area (Å²) >= 11 is 0. The van der Waals surface area contributed by atoms with Crippen LogP contribution >= 0.6 is 0 Å². The van der Waals surface area contributed by atoms with Gasteiger partial charge in [0.15, 0.2) is 5.82 Å². The molecule has 1 aliphatic carbocycles. The highest BCUT2D eigenvalue weighted by Gasteiger charge is 2.31. The molecule has 0 spiro atoms. The summed E-state index contributed by atoms with van der Waals surface area (Å²) in [5, 5.41) is 0. The van der Waals surface area contributed by atoms with E-state index in [1.54, 1.807) is 13.3 Å². The molecule has 21 heavy (non-hydrogen) atoms. The lowest BCUT2D eigenvalue weighted by Crippen LogP contribution is -2.30. The molecule has 1 atom stereocenters. The van der Waals surface area contributed by atoms with Crippen LogP contribution in [0.2, 0.25) is 0 Å². The Bertz CT molecular complexity index is 652. The number of ether oxygens (including phenoxy) is 1. The largest absolute Gasteiger partial charge is 0.481 e. The molecule has 0 radical (unpaired) electrons. The fourth-order valence-electron chi connectivity index (χ4n) is 2.88. The van der Waals surface area contributed by atoms with Crippen molar-refractivity contribution in [1.82, 2.24) is 15.0 Å². The molecule has 0 saturated heterocycles. The lowest BCUT2D eigenvalue weighted by Gasteiger charge is -2.34. The molecular formula is C16H20N4O. The molecule has 1 unspecified atom stereocenters. The van der Waals surface area contributed by atoms with Crippen LogP contribution in [0, 0.1) is 5.41 Å². The second-order valence-electron chi connectivity index (χ2n) is 6.34. The van der Waals surface area contributed by atoms with Crippen LogP contribution in [0.1, 0.15) is 37.6 Å².